The zero-order valence-corrected chi connectivity index (χ0v) is 21.9. The van der Waals surface area contributed by atoms with Crippen molar-refractivity contribution in [3.8, 4) is 5.75 Å². The molecule has 0 radical (unpaired) electrons. The lowest BCUT2D eigenvalue weighted by molar-refractivity contribution is 0.0952. The fourth-order valence-corrected chi connectivity index (χ4v) is 5.11. The third-order valence-corrected chi connectivity index (χ3v) is 7.22. The molecule has 2 N–H and O–H groups in total. The van der Waals surface area contributed by atoms with Crippen LogP contribution < -0.4 is 5.32 Å². The molecule has 0 atom stereocenters. The first-order chi connectivity index (χ1) is 18.6. The van der Waals surface area contributed by atoms with Gasteiger partial charge in [0.25, 0.3) is 5.91 Å². The van der Waals surface area contributed by atoms with Gasteiger partial charge in [-0.2, -0.15) is 0 Å². The van der Waals surface area contributed by atoms with Gasteiger partial charge in [0.1, 0.15) is 5.75 Å². The number of hydrogen-bond donors (Lipinski definition) is 2. The van der Waals surface area contributed by atoms with E-state index in [-0.39, 0.29) is 11.7 Å². The van der Waals surface area contributed by atoms with E-state index >= 15 is 0 Å². The number of likely N-dealkylation sites (tertiary alicyclic amines) is 1. The Hall–Kier alpha value is -4.03. The number of amides is 1. The number of benzene rings is 2. The molecule has 1 aliphatic rings. The minimum Gasteiger partial charge on any atom is -0.506 e. The summed E-state index contributed by atoms with van der Waals surface area (Å²) in [6.07, 6.45) is 5.66. The molecule has 2 aromatic carbocycles. The molecule has 3 heterocycles. The number of carbonyl (C=O) groups is 1. The van der Waals surface area contributed by atoms with Crippen LogP contribution in [0.2, 0.25) is 0 Å². The SMILES string of the molecule is Cc1nc2ncc(C(=O)NCCCCN3CCC(=C(c4ccccc4)c4ccccc4)CC3)cc2cc1O. The van der Waals surface area contributed by atoms with Crippen molar-refractivity contribution >= 4 is 22.5 Å². The molecule has 6 nitrogen and oxygen atoms in total. The standard InChI is InChI=1S/C32H34N4O2/c1-23-29(37)21-27-20-28(22-34-31(27)35-23)32(38)33-16-8-9-17-36-18-14-26(15-19-36)30(24-10-4-2-5-11-24)25-12-6-3-7-13-25/h2-7,10-13,20-22,37H,8-9,14-19H2,1H3,(H,33,38). The van der Waals surface area contributed by atoms with Crippen LogP contribution in [0.5, 0.6) is 5.75 Å². The number of hydrogen-bond acceptors (Lipinski definition) is 5. The van der Waals surface area contributed by atoms with Gasteiger partial charge in [-0.3, -0.25) is 4.79 Å². The van der Waals surface area contributed by atoms with E-state index in [1.807, 2.05) is 0 Å². The van der Waals surface area contributed by atoms with Crippen LogP contribution in [0.1, 0.15) is 52.9 Å². The molecule has 2 aromatic heterocycles. The van der Waals surface area contributed by atoms with Gasteiger partial charge >= 0.3 is 0 Å². The molecule has 1 aliphatic heterocycles. The predicted molar refractivity (Wildman–Crippen MR) is 152 cm³/mol. The molecule has 38 heavy (non-hydrogen) atoms. The Kier molecular flexibility index (Phi) is 8.09. The van der Waals surface area contributed by atoms with Gasteiger partial charge in [0.15, 0.2) is 5.65 Å². The lowest BCUT2D eigenvalue weighted by atomic mass is 9.88. The molecule has 0 aliphatic carbocycles. The minimum atomic E-state index is -0.151. The molecule has 0 saturated carbocycles. The van der Waals surface area contributed by atoms with Crippen LogP contribution in [0.4, 0.5) is 0 Å². The van der Waals surface area contributed by atoms with E-state index in [1.165, 1.54) is 22.3 Å². The first-order valence-corrected chi connectivity index (χ1v) is 13.4. The highest BCUT2D eigenvalue weighted by Gasteiger charge is 2.19. The number of aryl methyl sites for hydroxylation is 1. The second-order valence-corrected chi connectivity index (χ2v) is 9.88. The van der Waals surface area contributed by atoms with Gasteiger partial charge in [0.2, 0.25) is 0 Å². The number of rotatable bonds is 8. The zero-order valence-electron chi connectivity index (χ0n) is 21.9. The summed E-state index contributed by atoms with van der Waals surface area (Å²) in [7, 11) is 0. The van der Waals surface area contributed by atoms with Gasteiger partial charge < -0.3 is 15.3 Å². The Balaban J connectivity index is 1.10. The van der Waals surface area contributed by atoms with E-state index < -0.39 is 0 Å². The van der Waals surface area contributed by atoms with Crippen molar-refractivity contribution in [1.29, 1.82) is 0 Å². The number of nitrogens with one attached hydrogen (secondary N) is 1. The Labute approximate surface area is 224 Å². The van der Waals surface area contributed by atoms with E-state index in [0.29, 0.717) is 28.8 Å². The lowest BCUT2D eigenvalue weighted by Gasteiger charge is -2.30. The van der Waals surface area contributed by atoms with Gasteiger partial charge in [-0.1, -0.05) is 66.2 Å². The highest BCUT2D eigenvalue weighted by Crippen LogP contribution is 2.32. The molecule has 4 aromatic rings. The number of carbonyl (C=O) groups excluding carboxylic acids is 1. The molecule has 0 spiro atoms. The summed E-state index contributed by atoms with van der Waals surface area (Å²) in [5, 5.41) is 13.6. The van der Waals surface area contributed by atoms with Crippen molar-refractivity contribution in [3.63, 3.8) is 0 Å². The van der Waals surface area contributed by atoms with Crippen molar-refractivity contribution in [2.75, 3.05) is 26.2 Å². The van der Waals surface area contributed by atoms with Crippen LogP contribution in [0, 0.1) is 6.92 Å². The first kappa shape index (κ1) is 25.6. The number of nitrogens with zero attached hydrogens (tertiary/aromatic N) is 3. The zero-order chi connectivity index (χ0) is 26.3. The van der Waals surface area contributed by atoms with Crippen LogP contribution in [-0.4, -0.2) is 52.1 Å². The molecule has 0 unspecified atom stereocenters. The van der Waals surface area contributed by atoms with Gasteiger partial charge in [0.05, 0.1) is 11.3 Å². The Bertz CT molecular complexity index is 1380. The van der Waals surface area contributed by atoms with Crippen LogP contribution in [0.15, 0.2) is 84.6 Å². The van der Waals surface area contributed by atoms with Crippen molar-refractivity contribution in [2.45, 2.75) is 32.6 Å². The first-order valence-electron chi connectivity index (χ1n) is 13.4. The Morgan fingerprint density at radius 1 is 0.921 bits per heavy atom. The Morgan fingerprint density at radius 3 is 2.24 bits per heavy atom. The average molecular weight is 507 g/mol. The van der Waals surface area contributed by atoms with E-state index in [2.05, 4.69) is 80.8 Å². The van der Waals surface area contributed by atoms with Crippen LogP contribution in [0.25, 0.3) is 16.6 Å². The van der Waals surface area contributed by atoms with Gasteiger partial charge in [-0.15, -0.1) is 0 Å². The second-order valence-electron chi connectivity index (χ2n) is 9.88. The molecule has 1 fully saturated rings. The number of aromatic hydroxyl groups is 1. The molecule has 0 bridgehead atoms. The summed E-state index contributed by atoms with van der Waals surface area (Å²) >= 11 is 0. The van der Waals surface area contributed by atoms with Crippen molar-refractivity contribution in [3.05, 3.63) is 107 Å². The fraction of sp³-hybridized carbons (Fsp3) is 0.281. The van der Waals surface area contributed by atoms with Crippen LogP contribution in [-0.2, 0) is 0 Å². The Morgan fingerprint density at radius 2 is 1.58 bits per heavy atom. The number of unbranched alkanes of at least 4 members (excludes halogenated alkanes) is 1. The maximum absolute atomic E-state index is 12.6. The minimum absolute atomic E-state index is 0.105. The summed E-state index contributed by atoms with van der Waals surface area (Å²) in [5.41, 5.74) is 7.04. The predicted octanol–water partition coefficient (Wildman–Crippen LogP) is 5.75. The third-order valence-electron chi connectivity index (χ3n) is 7.22. The second kappa shape index (κ2) is 12.0. The van der Waals surface area contributed by atoms with E-state index in [9.17, 15) is 9.90 Å². The monoisotopic (exact) mass is 506 g/mol. The number of fused-ring (bicyclic) bond motifs is 1. The maximum atomic E-state index is 12.6. The van der Waals surface area contributed by atoms with Gasteiger partial charge in [-0.25, -0.2) is 9.97 Å². The number of pyridine rings is 2. The molecular weight excluding hydrogens is 472 g/mol. The van der Waals surface area contributed by atoms with Gasteiger partial charge in [-0.05, 0) is 68.0 Å². The summed E-state index contributed by atoms with van der Waals surface area (Å²) in [6, 6.07) is 24.8. The maximum Gasteiger partial charge on any atom is 0.252 e. The quantitative estimate of drug-likeness (QED) is 0.298. The molecule has 5 rings (SSSR count). The van der Waals surface area contributed by atoms with Crippen LogP contribution >= 0.6 is 0 Å². The smallest absolute Gasteiger partial charge is 0.252 e. The molecule has 1 amide bonds. The van der Waals surface area contributed by atoms with E-state index in [1.54, 1.807) is 25.3 Å². The molecule has 1 saturated heterocycles. The average Bonchev–Trinajstić information content (AvgIpc) is 2.95. The summed E-state index contributed by atoms with van der Waals surface area (Å²) in [5.74, 6) is -0.0462. The number of piperidine rings is 1. The van der Waals surface area contributed by atoms with Crippen molar-refractivity contribution in [1.82, 2.24) is 20.2 Å². The normalized spacial score (nSPS) is 14.0. The van der Waals surface area contributed by atoms with E-state index in [0.717, 1.165) is 45.3 Å². The van der Waals surface area contributed by atoms with Gasteiger partial charge in [0, 0.05) is 31.2 Å². The highest BCUT2D eigenvalue weighted by molar-refractivity contribution is 5.97. The largest absolute Gasteiger partial charge is 0.506 e. The number of aromatic nitrogens is 2. The summed E-state index contributed by atoms with van der Waals surface area (Å²) < 4.78 is 0. The topological polar surface area (TPSA) is 78.4 Å². The fourth-order valence-electron chi connectivity index (χ4n) is 5.11. The lowest BCUT2D eigenvalue weighted by Crippen LogP contribution is -2.32. The third kappa shape index (κ3) is 6.09. The highest BCUT2D eigenvalue weighted by atomic mass is 16.3. The van der Waals surface area contributed by atoms with Crippen molar-refractivity contribution < 1.29 is 9.90 Å². The molecular formula is C32H34N4O2. The summed E-state index contributed by atoms with van der Waals surface area (Å²) in [6.45, 7) is 5.52. The molecule has 194 valence electrons. The van der Waals surface area contributed by atoms with Crippen LogP contribution in [0.3, 0.4) is 0 Å². The van der Waals surface area contributed by atoms with E-state index in [4.69, 9.17) is 0 Å². The van der Waals surface area contributed by atoms with Crippen molar-refractivity contribution in [2.24, 2.45) is 0 Å². The summed E-state index contributed by atoms with van der Waals surface area (Å²) in [4.78, 5) is 23.6. The molecule has 6 heteroatoms.